The molecule has 0 aliphatic carbocycles. The Kier molecular flexibility index (Phi) is 8.75. The van der Waals surface area contributed by atoms with Gasteiger partial charge in [0.2, 0.25) is 0 Å². The molecule has 0 saturated heterocycles. The molecule has 1 rings (SSSR count). The average molecular weight is 395 g/mol. The van der Waals surface area contributed by atoms with Crippen molar-refractivity contribution in [2.75, 3.05) is 20.3 Å². The van der Waals surface area contributed by atoms with Gasteiger partial charge in [-0.05, 0) is 65.7 Å². The number of alkyl carbamates (subject to hydrolysis) is 1. The van der Waals surface area contributed by atoms with Crippen LogP contribution in [0.25, 0.3) is 0 Å². The van der Waals surface area contributed by atoms with Crippen LogP contribution in [0.5, 0.6) is 5.75 Å². The molecule has 1 N–H and O–H groups in total. The lowest BCUT2D eigenvalue weighted by Gasteiger charge is -2.24. The normalized spacial score (nSPS) is 12.8. The summed E-state index contributed by atoms with van der Waals surface area (Å²) in [5, 5.41) is 2.80. The highest BCUT2D eigenvalue weighted by Gasteiger charge is 2.21. The second-order valence-electron chi connectivity index (χ2n) is 8.50. The molecule has 0 radical (unpaired) electrons. The maximum atomic E-state index is 12.1. The predicted octanol–water partition coefficient (Wildman–Crippen LogP) is 3.49. The largest absolute Gasteiger partial charge is 0.497 e. The number of hydrogen-bond donors (Lipinski definition) is 1. The van der Waals surface area contributed by atoms with Gasteiger partial charge in [0.1, 0.15) is 23.6 Å². The molecular formula is C21H33NO6. The molecular weight excluding hydrogens is 362 g/mol. The number of methoxy groups -OCH3 is 1. The number of rotatable bonds is 8. The molecule has 0 heterocycles. The number of esters is 1. The van der Waals surface area contributed by atoms with Crippen LogP contribution in [-0.2, 0) is 25.4 Å². The van der Waals surface area contributed by atoms with E-state index in [-0.39, 0.29) is 19.3 Å². The smallest absolute Gasteiger partial charge is 0.407 e. The number of carbonyl (C=O) groups is 2. The van der Waals surface area contributed by atoms with E-state index in [1.54, 1.807) is 48.7 Å². The van der Waals surface area contributed by atoms with Crippen molar-refractivity contribution in [3.05, 3.63) is 29.8 Å². The zero-order chi connectivity index (χ0) is 21.4. The van der Waals surface area contributed by atoms with Crippen LogP contribution >= 0.6 is 0 Å². The minimum Gasteiger partial charge on any atom is -0.497 e. The monoisotopic (exact) mass is 395 g/mol. The van der Waals surface area contributed by atoms with Gasteiger partial charge >= 0.3 is 12.1 Å². The summed E-state index contributed by atoms with van der Waals surface area (Å²) in [6.45, 7) is 10.7. The van der Waals surface area contributed by atoms with Gasteiger partial charge < -0.3 is 24.3 Å². The van der Waals surface area contributed by atoms with E-state index in [1.165, 1.54) is 0 Å². The van der Waals surface area contributed by atoms with Crippen molar-refractivity contribution >= 4 is 12.1 Å². The lowest BCUT2D eigenvalue weighted by Crippen LogP contribution is -2.43. The van der Waals surface area contributed by atoms with Crippen LogP contribution in [0, 0.1) is 0 Å². The minimum atomic E-state index is -0.605. The first kappa shape index (κ1) is 23.8. The van der Waals surface area contributed by atoms with Gasteiger partial charge in [-0.25, -0.2) is 9.59 Å². The first-order valence-corrected chi connectivity index (χ1v) is 9.30. The topological polar surface area (TPSA) is 83.1 Å². The van der Waals surface area contributed by atoms with E-state index in [0.29, 0.717) is 6.42 Å². The van der Waals surface area contributed by atoms with E-state index in [9.17, 15) is 9.59 Å². The Labute approximate surface area is 167 Å². The zero-order valence-electron chi connectivity index (χ0n) is 18.0. The van der Waals surface area contributed by atoms with Crippen LogP contribution in [0.1, 0.15) is 47.1 Å². The number of benzene rings is 1. The Balaban J connectivity index is 2.68. The van der Waals surface area contributed by atoms with Crippen LogP contribution < -0.4 is 10.1 Å². The summed E-state index contributed by atoms with van der Waals surface area (Å²) in [7, 11) is 1.60. The fourth-order valence-corrected chi connectivity index (χ4v) is 2.33. The van der Waals surface area contributed by atoms with Crippen LogP contribution in [0.2, 0.25) is 0 Å². The Morgan fingerprint density at radius 3 is 2.04 bits per heavy atom. The summed E-state index contributed by atoms with van der Waals surface area (Å²) in [5.41, 5.74) is -0.188. The number of hydrogen-bond acceptors (Lipinski definition) is 6. The predicted molar refractivity (Wildman–Crippen MR) is 107 cm³/mol. The van der Waals surface area contributed by atoms with Crippen LogP contribution in [0.4, 0.5) is 4.79 Å². The second kappa shape index (κ2) is 10.3. The van der Waals surface area contributed by atoms with Gasteiger partial charge in [0.05, 0.1) is 19.8 Å². The summed E-state index contributed by atoms with van der Waals surface area (Å²) >= 11 is 0. The van der Waals surface area contributed by atoms with E-state index < -0.39 is 23.3 Å². The van der Waals surface area contributed by atoms with Crippen molar-refractivity contribution < 1.29 is 28.5 Å². The molecule has 0 aromatic heterocycles. The Bertz CT molecular complexity index is 628. The van der Waals surface area contributed by atoms with E-state index in [4.69, 9.17) is 18.9 Å². The molecule has 0 bridgehead atoms. The Morgan fingerprint density at radius 2 is 1.54 bits per heavy atom. The SMILES string of the molecule is COc1ccc(C[C@@H](COCC(=O)OC(C)(C)C)NC(=O)OC(C)(C)C)cc1. The fraction of sp³-hybridized carbons (Fsp3) is 0.619. The molecule has 1 amide bonds. The summed E-state index contributed by atoms with van der Waals surface area (Å²) in [5.74, 6) is 0.301. The van der Waals surface area contributed by atoms with E-state index in [2.05, 4.69) is 5.32 Å². The lowest BCUT2D eigenvalue weighted by molar-refractivity contribution is -0.160. The third kappa shape index (κ3) is 10.8. The van der Waals surface area contributed by atoms with E-state index >= 15 is 0 Å². The molecule has 0 fully saturated rings. The Hall–Kier alpha value is -2.28. The first-order valence-electron chi connectivity index (χ1n) is 9.30. The van der Waals surface area contributed by atoms with Crippen molar-refractivity contribution in [1.29, 1.82) is 0 Å². The fourth-order valence-electron chi connectivity index (χ4n) is 2.33. The quantitative estimate of drug-likeness (QED) is 0.679. The van der Waals surface area contributed by atoms with Crippen LogP contribution in [-0.4, -0.2) is 49.6 Å². The number of carbonyl (C=O) groups excluding carboxylic acids is 2. The molecule has 7 heteroatoms. The molecule has 1 aromatic rings. The summed E-state index contributed by atoms with van der Waals surface area (Å²) in [6.07, 6.45) is -0.0238. The number of nitrogens with one attached hydrogen (secondary N) is 1. The molecule has 0 aliphatic rings. The van der Waals surface area contributed by atoms with Crippen LogP contribution in [0.15, 0.2) is 24.3 Å². The maximum absolute atomic E-state index is 12.1. The molecule has 0 aliphatic heterocycles. The van der Waals surface area contributed by atoms with Crippen LogP contribution in [0.3, 0.4) is 0 Å². The summed E-state index contributed by atoms with van der Waals surface area (Å²) in [6, 6.07) is 7.15. The van der Waals surface area contributed by atoms with Gasteiger partial charge in [-0.1, -0.05) is 12.1 Å². The highest BCUT2D eigenvalue weighted by molar-refractivity contribution is 5.71. The molecule has 1 atom stereocenters. The third-order valence-electron chi connectivity index (χ3n) is 3.32. The molecule has 0 saturated carbocycles. The van der Waals surface area contributed by atoms with Crippen molar-refractivity contribution in [3.8, 4) is 5.75 Å². The standard InChI is InChI=1S/C21H33NO6/c1-20(2,3)27-18(23)14-26-13-16(22-19(24)28-21(4,5)6)12-15-8-10-17(25-7)11-9-15/h8-11,16H,12-14H2,1-7H3,(H,22,24)/t16-/m0/s1. The first-order chi connectivity index (χ1) is 12.9. The molecule has 1 aromatic carbocycles. The van der Waals surface area contributed by atoms with Gasteiger partial charge in [0, 0.05) is 0 Å². The zero-order valence-corrected chi connectivity index (χ0v) is 18.0. The Morgan fingerprint density at radius 1 is 0.964 bits per heavy atom. The third-order valence-corrected chi connectivity index (χ3v) is 3.32. The van der Waals surface area contributed by atoms with Crippen molar-refractivity contribution in [3.63, 3.8) is 0 Å². The maximum Gasteiger partial charge on any atom is 0.407 e. The van der Waals surface area contributed by atoms with Gasteiger partial charge in [-0.3, -0.25) is 0 Å². The molecule has 0 spiro atoms. The lowest BCUT2D eigenvalue weighted by atomic mass is 10.1. The second-order valence-corrected chi connectivity index (χ2v) is 8.50. The molecule has 0 unspecified atom stereocenters. The van der Waals surface area contributed by atoms with Crippen molar-refractivity contribution in [2.24, 2.45) is 0 Å². The van der Waals surface area contributed by atoms with Crippen molar-refractivity contribution in [2.45, 2.75) is 65.2 Å². The van der Waals surface area contributed by atoms with Gasteiger partial charge in [-0.2, -0.15) is 0 Å². The van der Waals surface area contributed by atoms with Gasteiger partial charge in [-0.15, -0.1) is 0 Å². The summed E-state index contributed by atoms with van der Waals surface area (Å²) < 4.78 is 21.2. The van der Waals surface area contributed by atoms with E-state index in [0.717, 1.165) is 11.3 Å². The van der Waals surface area contributed by atoms with Crippen molar-refractivity contribution in [1.82, 2.24) is 5.32 Å². The van der Waals surface area contributed by atoms with E-state index in [1.807, 2.05) is 24.3 Å². The highest BCUT2D eigenvalue weighted by Crippen LogP contribution is 2.14. The number of ether oxygens (including phenoxy) is 4. The minimum absolute atomic E-state index is 0.143. The number of amides is 1. The molecule has 28 heavy (non-hydrogen) atoms. The average Bonchev–Trinajstić information content (AvgIpc) is 2.51. The molecule has 158 valence electrons. The van der Waals surface area contributed by atoms with Gasteiger partial charge in [0.15, 0.2) is 0 Å². The highest BCUT2D eigenvalue weighted by atomic mass is 16.6. The van der Waals surface area contributed by atoms with Gasteiger partial charge in [0.25, 0.3) is 0 Å². The molecule has 7 nitrogen and oxygen atoms in total. The summed E-state index contributed by atoms with van der Waals surface area (Å²) in [4.78, 5) is 23.9.